The maximum atomic E-state index is 11.5. The third kappa shape index (κ3) is 2.91. The molecule has 5 nitrogen and oxygen atoms in total. The van der Waals surface area contributed by atoms with Crippen LogP contribution < -0.4 is 4.90 Å². The third-order valence-corrected chi connectivity index (χ3v) is 3.04. The number of aromatic nitrogens is 1. The van der Waals surface area contributed by atoms with Gasteiger partial charge in [0, 0.05) is 18.8 Å². The molecule has 1 saturated heterocycles. The van der Waals surface area contributed by atoms with Crippen LogP contribution in [0.2, 0.25) is 0 Å². The summed E-state index contributed by atoms with van der Waals surface area (Å²) in [6, 6.07) is 3.62. The molecule has 0 radical (unpaired) electrons. The number of nitrogens with zero attached hydrogens (tertiary/aromatic N) is 2. The highest BCUT2D eigenvalue weighted by atomic mass is 35.5. The first-order chi connectivity index (χ1) is 8.74. The summed E-state index contributed by atoms with van der Waals surface area (Å²) in [5.41, 5.74) is 1.89. The van der Waals surface area contributed by atoms with Gasteiger partial charge in [-0.15, -0.1) is 11.6 Å². The lowest BCUT2D eigenvalue weighted by atomic mass is 10.2. The maximum absolute atomic E-state index is 11.5. The molecule has 1 aliphatic heterocycles. The van der Waals surface area contributed by atoms with Crippen molar-refractivity contribution < 1.29 is 14.3 Å². The Morgan fingerprint density at radius 3 is 2.83 bits per heavy atom. The Balaban J connectivity index is 2.30. The second-order valence-electron chi connectivity index (χ2n) is 3.93. The van der Waals surface area contributed by atoms with Gasteiger partial charge in [0.25, 0.3) is 0 Å². The molecule has 1 aromatic heterocycles. The molecule has 2 rings (SSSR count). The zero-order valence-electron chi connectivity index (χ0n) is 10.2. The Bertz CT molecular complexity index is 433. The average Bonchev–Trinajstić information content (AvgIpc) is 2.46. The summed E-state index contributed by atoms with van der Waals surface area (Å²) in [4.78, 5) is 17.8. The fourth-order valence-corrected chi connectivity index (χ4v) is 1.99. The minimum Gasteiger partial charge on any atom is -0.464 e. The van der Waals surface area contributed by atoms with Crippen LogP contribution in [-0.2, 0) is 15.4 Å². The standard InChI is InChI=1S/C12H15ClN2O3/c1-17-12(16)11-7-10(6-9(8-13)14-11)15-2-4-18-5-3-15/h6-7H,2-5,8H2,1H3. The Morgan fingerprint density at radius 2 is 2.22 bits per heavy atom. The van der Waals surface area contributed by atoms with E-state index in [-0.39, 0.29) is 11.6 Å². The minimum atomic E-state index is -0.448. The summed E-state index contributed by atoms with van der Waals surface area (Å²) in [5, 5.41) is 0. The van der Waals surface area contributed by atoms with E-state index in [9.17, 15) is 4.79 Å². The predicted molar refractivity (Wildman–Crippen MR) is 68.2 cm³/mol. The van der Waals surface area contributed by atoms with Crippen molar-refractivity contribution in [3.8, 4) is 0 Å². The molecule has 2 heterocycles. The summed E-state index contributed by atoms with van der Waals surface area (Å²) in [5.74, 6) is -0.182. The van der Waals surface area contributed by atoms with Gasteiger partial charge in [0.05, 0.1) is 31.9 Å². The number of anilines is 1. The molecule has 0 unspecified atom stereocenters. The number of esters is 1. The number of pyridine rings is 1. The molecule has 0 spiro atoms. The molecule has 6 heteroatoms. The number of hydrogen-bond acceptors (Lipinski definition) is 5. The molecular weight excluding hydrogens is 256 g/mol. The zero-order chi connectivity index (χ0) is 13.0. The number of rotatable bonds is 3. The number of hydrogen-bond donors (Lipinski definition) is 0. The molecule has 0 amide bonds. The molecule has 0 saturated carbocycles. The van der Waals surface area contributed by atoms with Crippen LogP contribution in [0, 0.1) is 0 Å². The fourth-order valence-electron chi connectivity index (χ4n) is 1.85. The van der Waals surface area contributed by atoms with Crippen LogP contribution >= 0.6 is 11.6 Å². The molecule has 98 valence electrons. The molecule has 0 aromatic carbocycles. The van der Waals surface area contributed by atoms with E-state index in [4.69, 9.17) is 21.1 Å². The van der Waals surface area contributed by atoms with E-state index in [1.807, 2.05) is 6.07 Å². The first-order valence-electron chi connectivity index (χ1n) is 5.72. The lowest BCUT2D eigenvalue weighted by Gasteiger charge is -2.29. The highest BCUT2D eigenvalue weighted by Crippen LogP contribution is 2.19. The van der Waals surface area contributed by atoms with Crippen molar-refractivity contribution in [1.82, 2.24) is 4.98 Å². The third-order valence-electron chi connectivity index (χ3n) is 2.77. The average molecular weight is 271 g/mol. The van der Waals surface area contributed by atoms with E-state index in [0.29, 0.717) is 18.9 Å². The molecule has 1 aliphatic rings. The van der Waals surface area contributed by atoms with Gasteiger partial charge >= 0.3 is 5.97 Å². The van der Waals surface area contributed by atoms with Crippen molar-refractivity contribution in [2.75, 3.05) is 38.3 Å². The number of halogens is 1. The van der Waals surface area contributed by atoms with Crippen molar-refractivity contribution in [3.05, 3.63) is 23.5 Å². The van der Waals surface area contributed by atoms with Gasteiger partial charge in [-0.05, 0) is 12.1 Å². The fraction of sp³-hybridized carbons (Fsp3) is 0.500. The van der Waals surface area contributed by atoms with Gasteiger partial charge < -0.3 is 14.4 Å². The summed E-state index contributed by atoms with van der Waals surface area (Å²) in [6.07, 6.45) is 0. The monoisotopic (exact) mass is 270 g/mol. The van der Waals surface area contributed by atoms with E-state index in [2.05, 4.69) is 9.88 Å². The number of carbonyl (C=O) groups is 1. The molecule has 0 aliphatic carbocycles. The topological polar surface area (TPSA) is 51.7 Å². The SMILES string of the molecule is COC(=O)c1cc(N2CCOCC2)cc(CCl)n1. The van der Waals surface area contributed by atoms with E-state index in [1.54, 1.807) is 6.07 Å². The Labute approximate surface area is 111 Å². The predicted octanol–water partition coefficient (Wildman–Crippen LogP) is 1.44. The molecular formula is C12H15ClN2O3. The summed E-state index contributed by atoms with van der Waals surface area (Å²) < 4.78 is 9.99. The van der Waals surface area contributed by atoms with Crippen molar-refractivity contribution in [3.63, 3.8) is 0 Å². The first-order valence-corrected chi connectivity index (χ1v) is 6.26. The number of alkyl halides is 1. The van der Waals surface area contributed by atoms with Gasteiger partial charge in [0.2, 0.25) is 0 Å². The van der Waals surface area contributed by atoms with Crippen LogP contribution in [-0.4, -0.2) is 44.4 Å². The van der Waals surface area contributed by atoms with Crippen LogP contribution in [0.4, 0.5) is 5.69 Å². The molecule has 0 atom stereocenters. The quantitative estimate of drug-likeness (QED) is 0.615. The second-order valence-corrected chi connectivity index (χ2v) is 4.19. The largest absolute Gasteiger partial charge is 0.464 e. The summed E-state index contributed by atoms with van der Waals surface area (Å²) in [6.45, 7) is 2.97. The molecule has 1 aromatic rings. The number of ether oxygens (including phenoxy) is 2. The van der Waals surface area contributed by atoms with Crippen LogP contribution in [0.25, 0.3) is 0 Å². The molecule has 0 bridgehead atoms. The van der Waals surface area contributed by atoms with Crippen LogP contribution in [0.5, 0.6) is 0 Å². The van der Waals surface area contributed by atoms with E-state index in [1.165, 1.54) is 7.11 Å². The molecule has 1 fully saturated rings. The second kappa shape index (κ2) is 6.02. The summed E-state index contributed by atoms with van der Waals surface area (Å²) >= 11 is 5.80. The highest BCUT2D eigenvalue weighted by Gasteiger charge is 2.16. The van der Waals surface area contributed by atoms with Crippen molar-refractivity contribution in [2.45, 2.75) is 5.88 Å². The van der Waals surface area contributed by atoms with E-state index < -0.39 is 5.97 Å². The highest BCUT2D eigenvalue weighted by molar-refractivity contribution is 6.17. The maximum Gasteiger partial charge on any atom is 0.356 e. The van der Waals surface area contributed by atoms with Gasteiger partial charge in [-0.2, -0.15) is 0 Å². The summed E-state index contributed by atoms with van der Waals surface area (Å²) in [7, 11) is 1.34. The lowest BCUT2D eigenvalue weighted by Crippen LogP contribution is -2.36. The smallest absolute Gasteiger partial charge is 0.356 e. The van der Waals surface area contributed by atoms with E-state index >= 15 is 0 Å². The number of morpholine rings is 1. The van der Waals surface area contributed by atoms with Crippen molar-refractivity contribution in [1.29, 1.82) is 0 Å². The van der Waals surface area contributed by atoms with Gasteiger partial charge in [-0.3, -0.25) is 0 Å². The normalized spacial score (nSPS) is 15.6. The Morgan fingerprint density at radius 1 is 1.50 bits per heavy atom. The minimum absolute atomic E-state index is 0.266. The first kappa shape index (κ1) is 13.1. The van der Waals surface area contributed by atoms with E-state index in [0.717, 1.165) is 18.8 Å². The Kier molecular flexibility index (Phi) is 4.38. The van der Waals surface area contributed by atoms with Crippen molar-refractivity contribution >= 4 is 23.3 Å². The van der Waals surface area contributed by atoms with Crippen LogP contribution in [0.1, 0.15) is 16.2 Å². The lowest BCUT2D eigenvalue weighted by molar-refractivity contribution is 0.0594. The van der Waals surface area contributed by atoms with Crippen LogP contribution in [0.15, 0.2) is 12.1 Å². The number of carbonyl (C=O) groups excluding carboxylic acids is 1. The van der Waals surface area contributed by atoms with Crippen LogP contribution in [0.3, 0.4) is 0 Å². The molecule has 0 N–H and O–H groups in total. The Hall–Kier alpha value is -1.33. The molecule has 18 heavy (non-hydrogen) atoms. The van der Waals surface area contributed by atoms with Gasteiger partial charge in [0.1, 0.15) is 0 Å². The number of methoxy groups -OCH3 is 1. The van der Waals surface area contributed by atoms with Gasteiger partial charge in [-0.25, -0.2) is 9.78 Å². The zero-order valence-corrected chi connectivity index (χ0v) is 10.9. The van der Waals surface area contributed by atoms with Gasteiger partial charge in [-0.1, -0.05) is 0 Å². The van der Waals surface area contributed by atoms with Crippen molar-refractivity contribution in [2.24, 2.45) is 0 Å². The van der Waals surface area contributed by atoms with Gasteiger partial charge in [0.15, 0.2) is 5.69 Å².